The highest BCUT2D eigenvalue weighted by molar-refractivity contribution is 6.28. The number of imide groups is 1. The van der Waals surface area contributed by atoms with Crippen LogP contribution in [0, 0.1) is 6.92 Å². The summed E-state index contributed by atoms with van der Waals surface area (Å²) in [5.74, 6) is -0.660. The topological polar surface area (TPSA) is 52.6 Å². The molecule has 1 aromatic rings. The Morgan fingerprint density at radius 2 is 1.95 bits per heavy atom. The minimum absolute atomic E-state index is 0.199. The summed E-state index contributed by atoms with van der Waals surface area (Å²) in [6.45, 7) is 4.76. The quantitative estimate of drug-likeness (QED) is 0.843. The first-order chi connectivity index (χ1) is 9.60. The number of hydrogen-bond acceptors (Lipinski definition) is 3. The maximum absolute atomic E-state index is 11.8. The minimum atomic E-state index is -0.460. The van der Waals surface area contributed by atoms with Crippen LogP contribution >= 0.6 is 11.6 Å². The molecular formula is C14H18ClN3O2. The first kappa shape index (κ1) is 14.7. The second-order valence-corrected chi connectivity index (χ2v) is 5.07. The van der Waals surface area contributed by atoms with E-state index in [0.717, 1.165) is 13.1 Å². The number of nitrogens with zero attached hydrogens (tertiary/aromatic N) is 2. The number of nitrogens with one attached hydrogen (secondary N) is 1. The Bertz CT molecular complexity index is 499. The summed E-state index contributed by atoms with van der Waals surface area (Å²) in [4.78, 5) is 26.7. The normalized spacial score (nSPS) is 15.1. The number of rotatable bonds is 2. The van der Waals surface area contributed by atoms with Gasteiger partial charge in [0.2, 0.25) is 5.91 Å². The van der Waals surface area contributed by atoms with Crippen LogP contribution in [0.25, 0.3) is 0 Å². The van der Waals surface area contributed by atoms with E-state index in [9.17, 15) is 9.59 Å². The zero-order valence-corrected chi connectivity index (χ0v) is 12.2. The average molecular weight is 296 g/mol. The molecule has 0 unspecified atom stereocenters. The lowest BCUT2D eigenvalue weighted by Crippen LogP contribution is -2.53. The summed E-state index contributed by atoms with van der Waals surface area (Å²) < 4.78 is 0. The lowest BCUT2D eigenvalue weighted by atomic mass is 10.2. The molecule has 5 nitrogen and oxygen atoms in total. The van der Waals surface area contributed by atoms with Crippen molar-refractivity contribution >= 4 is 29.2 Å². The molecule has 1 N–H and O–H groups in total. The SMILES string of the molecule is Cc1cccc(N2CCN(C(=O)NC(=O)CCl)CC2)c1. The monoisotopic (exact) mass is 295 g/mol. The molecule has 3 amide bonds. The van der Waals surface area contributed by atoms with Gasteiger partial charge in [0.25, 0.3) is 0 Å². The number of carbonyl (C=O) groups is 2. The molecule has 6 heteroatoms. The van der Waals surface area contributed by atoms with Crippen molar-refractivity contribution in [1.82, 2.24) is 10.2 Å². The Hall–Kier alpha value is -1.75. The van der Waals surface area contributed by atoms with Gasteiger partial charge in [0.1, 0.15) is 5.88 Å². The molecule has 108 valence electrons. The van der Waals surface area contributed by atoms with E-state index >= 15 is 0 Å². The van der Waals surface area contributed by atoms with Crippen molar-refractivity contribution in [3.63, 3.8) is 0 Å². The molecule has 2 rings (SSSR count). The fourth-order valence-electron chi connectivity index (χ4n) is 2.22. The van der Waals surface area contributed by atoms with E-state index in [1.807, 2.05) is 6.07 Å². The summed E-state index contributed by atoms with van der Waals surface area (Å²) in [6.07, 6.45) is 0. The van der Waals surface area contributed by atoms with Gasteiger partial charge in [-0.25, -0.2) is 4.79 Å². The third-order valence-corrected chi connectivity index (χ3v) is 3.54. The number of halogens is 1. The summed E-state index contributed by atoms with van der Waals surface area (Å²) in [6, 6.07) is 7.93. The smallest absolute Gasteiger partial charge is 0.324 e. The van der Waals surface area contributed by atoms with Crippen molar-refractivity contribution in [2.24, 2.45) is 0 Å². The molecule has 1 aliphatic rings. The van der Waals surface area contributed by atoms with Gasteiger partial charge in [-0.15, -0.1) is 11.6 Å². The third-order valence-electron chi connectivity index (χ3n) is 3.30. The maximum Gasteiger partial charge on any atom is 0.324 e. The van der Waals surface area contributed by atoms with Gasteiger partial charge in [0.05, 0.1) is 0 Å². The van der Waals surface area contributed by atoms with Crippen LogP contribution < -0.4 is 10.2 Å². The number of amides is 3. The van der Waals surface area contributed by atoms with Crippen LogP contribution in [0.4, 0.5) is 10.5 Å². The van der Waals surface area contributed by atoms with Crippen LogP contribution in [-0.2, 0) is 4.79 Å². The van der Waals surface area contributed by atoms with Crippen LogP contribution in [0.2, 0.25) is 0 Å². The van der Waals surface area contributed by atoms with Gasteiger partial charge in [0, 0.05) is 31.9 Å². The zero-order chi connectivity index (χ0) is 14.5. The standard InChI is InChI=1S/C14H18ClN3O2/c1-11-3-2-4-12(9-11)17-5-7-18(8-6-17)14(20)16-13(19)10-15/h2-4,9H,5-8,10H2,1H3,(H,16,19,20). The molecule has 1 heterocycles. The van der Waals surface area contributed by atoms with Crippen LogP contribution in [0.5, 0.6) is 0 Å². The molecule has 1 aromatic carbocycles. The number of urea groups is 1. The second kappa shape index (κ2) is 6.61. The summed E-state index contributed by atoms with van der Waals surface area (Å²) in [7, 11) is 0. The predicted molar refractivity (Wildman–Crippen MR) is 79.2 cm³/mol. The number of piperazine rings is 1. The van der Waals surface area contributed by atoms with Gasteiger partial charge >= 0.3 is 6.03 Å². The van der Waals surface area contributed by atoms with Crippen LogP contribution in [0.3, 0.4) is 0 Å². The highest BCUT2D eigenvalue weighted by atomic mass is 35.5. The minimum Gasteiger partial charge on any atom is -0.368 e. The molecule has 1 fully saturated rings. The van der Waals surface area contributed by atoms with Crippen molar-refractivity contribution in [1.29, 1.82) is 0 Å². The van der Waals surface area contributed by atoms with E-state index in [0.29, 0.717) is 13.1 Å². The molecule has 0 aromatic heterocycles. The fourth-order valence-corrected chi connectivity index (χ4v) is 2.29. The first-order valence-electron chi connectivity index (χ1n) is 6.56. The van der Waals surface area contributed by atoms with Crippen LogP contribution in [0.15, 0.2) is 24.3 Å². The van der Waals surface area contributed by atoms with E-state index in [1.165, 1.54) is 11.3 Å². The molecule has 0 saturated carbocycles. The molecule has 1 saturated heterocycles. The predicted octanol–water partition coefficient (Wildman–Crippen LogP) is 1.59. The molecule has 20 heavy (non-hydrogen) atoms. The molecule has 1 aliphatic heterocycles. The zero-order valence-electron chi connectivity index (χ0n) is 11.4. The highest BCUT2D eigenvalue weighted by Crippen LogP contribution is 2.17. The summed E-state index contributed by atoms with van der Waals surface area (Å²) >= 11 is 5.36. The summed E-state index contributed by atoms with van der Waals surface area (Å²) in [5.41, 5.74) is 2.39. The van der Waals surface area contributed by atoms with Gasteiger partial charge in [-0.05, 0) is 24.6 Å². The number of hydrogen-bond donors (Lipinski definition) is 1. The highest BCUT2D eigenvalue weighted by Gasteiger charge is 2.22. The number of carbonyl (C=O) groups excluding carboxylic acids is 2. The first-order valence-corrected chi connectivity index (χ1v) is 7.10. The Morgan fingerprint density at radius 1 is 1.25 bits per heavy atom. The van der Waals surface area contributed by atoms with E-state index in [2.05, 4.69) is 35.3 Å². The van der Waals surface area contributed by atoms with Gasteiger partial charge in [0.15, 0.2) is 0 Å². The van der Waals surface area contributed by atoms with E-state index in [-0.39, 0.29) is 11.9 Å². The molecule has 0 bridgehead atoms. The maximum atomic E-state index is 11.8. The lowest BCUT2D eigenvalue weighted by Gasteiger charge is -2.36. The van der Waals surface area contributed by atoms with Crippen LogP contribution in [-0.4, -0.2) is 48.9 Å². The Labute approximate surface area is 123 Å². The Kier molecular flexibility index (Phi) is 4.84. The molecule has 0 atom stereocenters. The van der Waals surface area contributed by atoms with Crippen molar-refractivity contribution in [2.45, 2.75) is 6.92 Å². The van der Waals surface area contributed by atoms with Crippen molar-refractivity contribution < 1.29 is 9.59 Å². The average Bonchev–Trinajstić information content (AvgIpc) is 2.47. The second-order valence-electron chi connectivity index (χ2n) is 4.80. The molecular weight excluding hydrogens is 278 g/mol. The van der Waals surface area contributed by atoms with Crippen molar-refractivity contribution in [3.8, 4) is 0 Å². The third kappa shape index (κ3) is 3.63. The molecule has 0 radical (unpaired) electrons. The number of benzene rings is 1. The molecule has 0 spiro atoms. The van der Waals surface area contributed by atoms with Crippen molar-refractivity contribution in [3.05, 3.63) is 29.8 Å². The van der Waals surface area contributed by atoms with Gasteiger partial charge in [-0.2, -0.15) is 0 Å². The van der Waals surface area contributed by atoms with E-state index in [1.54, 1.807) is 4.90 Å². The van der Waals surface area contributed by atoms with Crippen molar-refractivity contribution in [2.75, 3.05) is 37.0 Å². The fraction of sp³-hybridized carbons (Fsp3) is 0.429. The van der Waals surface area contributed by atoms with Gasteiger partial charge in [-0.1, -0.05) is 12.1 Å². The molecule has 0 aliphatic carbocycles. The largest absolute Gasteiger partial charge is 0.368 e. The summed E-state index contributed by atoms with van der Waals surface area (Å²) in [5, 5.41) is 2.26. The van der Waals surface area contributed by atoms with Crippen LogP contribution in [0.1, 0.15) is 5.56 Å². The lowest BCUT2D eigenvalue weighted by molar-refractivity contribution is -0.117. The van der Waals surface area contributed by atoms with Gasteiger partial charge in [-0.3, -0.25) is 10.1 Å². The van der Waals surface area contributed by atoms with Gasteiger partial charge < -0.3 is 9.80 Å². The van der Waals surface area contributed by atoms with E-state index < -0.39 is 5.91 Å². The number of anilines is 1. The Balaban J connectivity index is 1.89. The van der Waals surface area contributed by atoms with E-state index in [4.69, 9.17) is 11.6 Å². The Morgan fingerprint density at radius 3 is 2.55 bits per heavy atom. The number of alkyl halides is 1. The number of aryl methyl sites for hydroxylation is 1.